The molecule has 0 fully saturated rings. The summed E-state index contributed by atoms with van der Waals surface area (Å²) in [7, 11) is 0. The number of amides is 1. The second kappa shape index (κ2) is 11.4. The quantitative estimate of drug-likeness (QED) is 0.210. The number of ether oxygens (including phenoxy) is 1. The van der Waals surface area contributed by atoms with Gasteiger partial charge in [0, 0.05) is 24.4 Å². The molecule has 13 heteroatoms. The van der Waals surface area contributed by atoms with Gasteiger partial charge < -0.3 is 15.0 Å². The van der Waals surface area contributed by atoms with Gasteiger partial charge in [-0.3, -0.25) is 9.78 Å². The Bertz CT molecular complexity index is 1630. The van der Waals surface area contributed by atoms with Gasteiger partial charge in [0.15, 0.2) is 5.65 Å². The summed E-state index contributed by atoms with van der Waals surface area (Å²) >= 11 is 0. The lowest BCUT2D eigenvalue weighted by Crippen LogP contribution is -2.23. The molecule has 0 aliphatic heterocycles. The number of hydrogen-bond acceptors (Lipinski definition) is 6. The Morgan fingerprint density at radius 3 is 2.48 bits per heavy atom. The van der Waals surface area contributed by atoms with Crippen LogP contribution in [0.4, 0.5) is 27.8 Å². The fourth-order valence-electron chi connectivity index (χ4n) is 4.20. The second-order valence-electron chi connectivity index (χ2n) is 8.52. The van der Waals surface area contributed by atoms with Gasteiger partial charge in [-0.1, -0.05) is 18.2 Å². The van der Waals surface area contributed by atoms with E-state index in [4.69, 9.17) is 0 Å². The Morgan fingerprint density at radius 1 is 0.975 bits per heavy atom. The van der Waals surface area contributed by atoms with Gasteiger partial charge in [0.05, 0.1) is 29.1 Å². The topological polar surface area (TPSA) is 106 Å². The Balaban J connectivity index is 1.52. The van der Waals surface area contributed by atoms with Crippen molar-refractivity contribution in [1.82, 2.24) is 24.9 Å². The van der Waals surface area contributed by atoms with E-state index in [0.717, 1.165) is 18.3 Å². The first-order chi connectivity index (χ1) is 19.3. The number of aromatic nitrogens is 5. The molecule has 0 radical (unpaired) electrons. The molecular formula is C27H19F5N6O2. The third kappa shape index (κ3) is 5.87. The molecule has 0 spiro atoms. The molecule has 40 heavy (non-hydrogen) atoms. The van der Waals surface area contributed by atoms with Crippen LogP contribution in [0.5, 0.6) is 5.88 Å². The van der Waals surface area contributed by atoms with E-state index in [1.54, 1.807) is 30.5 Å². The van der Waals surface area contributed by atoms with Crippen molar-refractivity contribution in [1.29, 1.82) is 0 Å². The molecule has 4 heterocycles. The lowest BCUT2D eigenvalue weighted by atomic mass is 9.95. The van der Waals surface area contributed by atoms with Crippen LogP contribution in [-0.4, -0.2) is 43.9 Å². The first-order valence-corrected chi connectivity index (χ1v) is 11.8. The number of aromatic amines is 1. The summed E-state index contributed by atoms with van der Waals surface area (Å²) in [4.78, 5) is 32.9. The third-order valence-electron chi connectivity index (χ3n) is 5.91. The summed E-state index contributed by atoms with van der Waals surface area (Å²) in [6.45, 7) is -3.09. The van der Waals surface area contributed by atoms with E-state index >= 15 is 0 Å². The van der Waals surface area contributed by atoms with E-state index in [1.165, 1.54) is 24.4 Å². The zero-order valence-corrected chi connectivity index (χ0v) is 20.4. The summed E-state index contributed by atoms with van der Waals surface area (Å²) in [6, 6.07) is 13.0. The zero-order chi connectivity index (χ0) is 28.2. The Kier molecular flexibility index (Phi) is 7.62. The van der Waals surface area contributed by atoms with Gasteiger partial charge in [0.2, 0.25) is 18.2 Å². The average molecular weight is 554 g/mol. The predicted octanol–water partition coefficient (Wildman–Crippen LogP) is 6.20. The number of carbonyl (C=O) groups excluding carboxylic acids is 1. The van der Waals surface area contributed by atoms with E-state index in [2.05, 4.69) is 35.0 Å². The summed E-state index contributed by atoms with van der Waals surface area (Å²) in [5.41, 5.74) is 2.60. The summed E-state index contributed by atoms with van der Waals surface area (Å²) < 4.78 is 69.8. The van der Waals surface area contributed by atoms with Crippen molar-refractivity contribution in [3.05, 3.63) is 84.6 Å². The SMILES string of the molecule is O=C(Nc1cc(-c2[nH]c3nc(OC(F)F)cnc3c2-c2ccccn2)ccn1)[C@H](CC(F)F)c1ccc(F)cc1. The lowest BCUT2D eigenvalue weighted by molar-refractivity contribution is -0.118. The number of fused-ring (bicyclic) bond motifs is 1. The van der Waals surface area contributed by atoms with Gasteiger partial charge >= 0.3 is 6.61 Å². The molecule has 0 saturated carbocycles. The number of hydrogen-bond donors (Lipinski definition) is 2. The number of anilines is 1. The van der Waals surface area contributed by atoms with E-state index in [9.17, 15) is 26.7 Å². The minimum atomic E-state index is -3.09. The number of benzene rings is 1. The van der Waals surface area contributed by atoms with Gasteiger partial charge in [0.1, 0.15) is 17.2 Å². The molecule has 1 amide bonds. The largest absolute Gasteiger partial charge is 0.415 e. The van der Waals surface area contributed by atoms with Crippen LogP contribution in [0.2, 0.25) is 0 Å². The highest BCUT2D eigenvalue weighted by molar-refractivity contribution is 6.00. The maximum Gasteiger partial charge on any atom is 0.388 e. The van der Waals surface area contributed by atoms with Crippen molar-refractivity contribution in [2.75, 3.05) is 5.32 Å². The Hall–Kier alpha value is -4.94. The number of nitrogens with zero attached hydrogens (tertiary/aromatic N) is 4. The van der Waals surface area contributed by atoms with Crippen LogP contribution < -0.4 is 10.1 Å². The van der Waals surface area contributed by atoms with Crippen LogP contribution >= 0.6 is 0 Å². The van der Waals surface area contributed by atoms with Crippen LogP contribution in [0, 0.1) is 5.82 Å². The fraction of sp³-hybridized carbons (Fsp3) is 0.148. The average Bonchev–Trinajstić information content (AvgIpc) is 3.31. The van der Waals surface area contributed by atoms with E-state index in [-0.39, 0.29) is 17.0 Å². The number of halogens is 5. The number of H-pyrrole nitrogens is 1. The standard InChI is InChI=1S/C27H19F5N6O2/c28-16-6-4-14(5-7-16)17(12-19(29)30)26(39)36-20-11-15(8-10-34-20)23-22(18-3-1-2-9-33-18)24-25(38-23)37-21(13-35-24)40-27(31)32/h1-11,13,17,19,27H,12H2,(H,37,38)(H,34,36,39)/t17-/m1/s1. The third-order valence-corrected chi connectivity index (χ3v) is 5.91. The number of rotatable bonds is 9. The molecule has 2 N–H and O–H groups in total. The molecule has 1 atom stereocenters. The van der Waals surface area contributed by atoms with Crippen molar-refractivity contribution < 1.29 is 31.5 Å². The summed E-state index contributed by atoms with van der Waals surface area (Å²) in [6.07, 6.45) is 0.464. The molecule has 0 aliphatic carbocycles. The van der Waals surface area contributed by atoms with Gasteiger partial charge in [0.25, 0.3) is 0 Å². The number of nitrogens with one attached hydrogen (secondary N) is 2. The molecule has 1 aromatic carbocycles. The van der Waals surface area contributed by atoms with E-state index < -0.39 is 43.0 Å². The summed E-state index contributed by atoms with van der Waals surface area (Å²) in [5, 5.41) is 2.55. The zero-order valence-electron chi connectivity index (χ0n) is 20.4. The van der Waals surface area contributed by atoms with Crippen LogP contribution in [-0.2, 0) is 4.79 Å². The maximum absolute atomic E-state index is 13.4. The van der Waals surface area contributed by atoms with Crippen LogP contribution in [0.25, 0.3) is 33.7 Å². The van der Waals surface area contributed by atoms with Crippen LogP contribution in [0.1, 0.15) is 17.9 Å². The van der Waals surface area contributed by atoms with Crippen LogP contribution in [0.15, 0.2) is 73.2 Å². The van der Waals surface area contributed by atoms with Gasteiger partial charge in [-0.05, 0) is 42.0 Å². The number of pyridine rings is 2. The lowest BCUT2D eigenvalue weighted by Gasteiger charge is -2.17. The highest BCUT2D eigenvalue weighted by Gasteiger charge is 2.26. The monoisotopic (exact) mass is 554 g/mol. The predicted molar refractivity (Wildman–Crippen MR) is 135 cm³/mol. The van der Waals surface area contributed by atoms with E-state index in [1.807, 2.05) is 0 Å². The summed E-state index contributed by atoms with van der Waals surface area (Å²) in [5.74, 6) is -2.91. The van der Waals surface area contributed by atoms with Crippen LogP contribution in [0.3, 0.4) is 0 Å². The van der Waals surface area contributed by atoms with Crippen molar-refractivity contribution in [3.8, 4) is 28.4 Å². The second-order valence-corrected chi connectivity index (χ2v) is 8.52. The Morgan fingerprint density at radius 2 is 1.77 bits per heavy atom. The normalized spacial score (nSPS) is 12.2. The molecular weight excluding hydrogens is 535 g/mol. The molecule has 0 saturated heterocycles. The van der Waals surface area contributed by atoms with Crippen molar-refractivity contribution in [3.63, 3.8) is 0 Å². The first kappa shape index (κ1) is 26.7. The number of alkyl halides is 4. The van der Waals surface area contributed by atoms with Gasteiger partial charge in [-0.2, -0.15) is 13.8 Å². The van der Waals surface area contributed by atoms with E-state index in [0.29, 0.717) is 28.0 Å². The minimum Gasteiger partial charge on any atom is -0.415 e. The molecule has 8 nitrogen and oxygen atoms in total. The van der Waals surface area contributed by atoms with Gasteiger partial charge in [-0.25, -0.2) is 23.1 Å². The number of carbonyl (C=O) groups is 1. The van der Waals surface area contributed by atoms with Crippen molar-refractivity contribution in [2.45, 2.75) is 25.4 Å². The van der Waals surface area contributed by atoms with Crippen molar-refractivity contribution >= 4 is 22.9 Å². The molecule has 0 aliphatic rings. The smallest absolute Gasteiger partial charge is 0.388 e. The fourth-order valence-corrected chi connectivity index (χ4v) is 4.20. The molecule has 4 aromatic heterocycles. The molecule has 0 bridgehead atoms. The molecule has 5 rings (SSSR count). The molecule has 5 aromatic rings. The Labute approximate surface area is 223 Å². The highest BCUT2D eigenvalue weighted by Crippen LogP contribution is 2.37. The maximum atomic E-state index is 13.4. The minimum absolute atomic E-state index is 0.0529. The molecule has 204 valence electrons. The van der Waals surface area contributed by atoms with Crippen molar-refractivity contribution in [2.24, 2.45) is 0 Å². The molecule has 0 unspecified atom stereocenters. The highest BCUT2D eigenvalue weighted by atomic mass is 19.3. The first-order valence-electron chi connectivity index (χ1n) is 11.8. The van der Waals surface area contributed by atoms with Gasteiger partial charge in [-0.15, -0.1) is 0 Å².